The predicted octanol–water partition coefficient (Wildman–Crippen LogP) is 6.37. The number of nitrogens with zero attached hydrogens (tertiary/aromatic N) is 2. The van der Waals surface area contributed by atoms with E-state index in [9.17, 15) is 14.0 Å². The van der Waals surface area contributed by atoms with E-state index in [0.29, 0.717) is 22.6 Å². The molecule has 1 aromatic heterocycles. The quantitative estimate of drug-likeness (QED) is 0.166. The van der Waals surface area contributed by atoms with Crippen molar-refractivity contribution < 1.29 is 18.7 Å². The Kier molecular flexibility index (Phi) is 8.30. The Morgan fingerprint density at radius 2 is 1.56 bits per heavy atom. The Morgan fingerprint density at radius 1 is 0.854 bits per heavy atom. The van der Waals surface area contributed by atoms with Gasteiger partial charge in [0.1, 0.15) is 11.6 Å². The van der Waals surface area contributed by atoms with E-state index in [4.69, 9.17) is 4.74 Å². The zero-order valence-corrected chi connectivity index (χ0v) is 22.3. The van der Waals surface area contributed by atoms with Crippen LogP contribution < -0.4 is 15.5 Å². The molecule has 204 valence electrons. The molecule has 0 spiro atoms. The third-order valence-corrected chi connectivity index (χ3v) is 6.31. The van der Waals surface area contributed by atoms with Crippen molar-refractivity contribution in [1.82, 2.24) is 9.99 Å². The van der Waals surface area contributed by atoms with Crippen molar-refractivity contribution in [1.29, 1.82) is 0 Å². The minimum Gasteiger partial charge on any atom is -0.483 e. The fourth-order valence-electron chi connectivity index (χ4n) is 4.29. The van der Waals surface area contributed by atoms with Crippen molar-refractivity contribution in [3.05, 3.63) is 138 Å². The standard InChI is InChI=1S/C33H27FN4O3/c1-23-11-20-30(24-7-3-2-4-8-24)38(23)29-18-12-25(13-19-29)33(40)37-35-21-26-9-5-6-10-31(26)41-22-32(39)36-28-16-14-27(34)15-17-28/h2-21H,22H2,1H3,(H,36,39)(H,37,40)/b35-21+. The summed E-state index contributed by atoms with van der Waals surface area (Å²) in [5.74, 6) is -0.732. The summed E-state index contributed by atoms with van der Waals surface area (Å²) in [7, 11) is 0. The minimum atomic E-state index is -0.397. The van der Waals surface area contributed by atoms with E-state index in [2.05, 4.69) is 44.7 Å². The topological polar surface area (TPSA) is 84.7 Å². The molecule has 0 unspecified atom stereocenters. The predicted molar refractivity (Wildman–Crippen MR) is 158 cm³/mol. The largest absolute Gasteiger partial charge is 0.483 e. The molecule has 7 nitrogen and oxygen atoms in total. The van der Waals surface area contributed by atoms with E-state index in [1.807, 2.05) is 37.3 Å². The maximum Gasteiger partial charge on any atom is 0.271 e. The Hall–Kier alpha value is -5.50. The van der Waals surface area contributed by atoms with Gasteiger partial charge in [0.2, 0.25) is 0 Å². The summed E-state index contributed by atoms with van der Waals surface area (Å²) in [4.78, 5) is 25.0. The van der Waals surface area contributed by atoms with Crippen LogP contribution in [-0.2, 0) is 4.79 Å². The van der Waals surface area contributed by atoms with Crippen LogP contribution >= 0.6 is 0 Å². The minimum absolute atomic E-state index is 0.256. The number of halogens is 1. The summed E-state index contributed by atoms with van der Waals surface area (Å²) in [6, 6.07) is 34.1. The fraction of sp³-hybridized carbons (Fsp3) is 0.0606. The Bertz CT molecular complexity index is 1680. The first-order chi connectivity index (χ1) is 20.0. The number of nitrogens with one attached hydrogen (secondary N) is 2. The van der Waals surface area contributed by atoms with Gasteiger partial charge in [-0.05, 0) is 85.3 Å². The summed E-state index contributed by atoms with van der Waals surface area (Å²) in [5, 5.41) is 6.72. The smallest absolute Gasteiger partial charge is 0.271 e. The summed E-state index contributed by atoms with van der Waals surface area (Å²) in [5.41, 5.74) is 8.24. The highest BCUT2D eigenvalue weighted by Gasteiger charge is 2.11. The molecule has 5 rings (SSSR count). The summed E-state index contributed by atoms with van der Waals surface area (Å²) < 4.78 is 20.8. The van der Waals surface area contributed by atoms with Crippen molar-refractivity contribution in [2.75, 3.05) is 11.9 Å². The Labute approximate surface area is 236 Å². The molecule has 0 aliphatic carbocycles. The van der Waals surface area contributed by atoms with E-state index in [0.717, 1.165) is 22.6 Å². The van der Waals surface area contributed by atoms with Gasteiger partial charge in [-0.3, -0.25) is 9.59 Å². The molecule has 2 amide bonds. The van der Waals surface area contributed by atoms with Gasteiger partial charge in [-0.1, -0.05) is 42.5 Å². The number of hydrogen-bond acceptors (Lipinski definition) is 4. The summed E-state index contributed by atoms with van der Waals surface area (Å²) >= 11 is 0. The molecule has 0 saturated carbocycles. The molecule has 0 saturated heterocycles. The second kappa shape index (κ2) is 12.6. The lowest BCUT2D eigenvalue weighted by Crippen LogP contribution is -2.20. The summed E-state index contributed by atoms with van der Waals surface area (Å²) in [6.07, 6.45) is 1.45. The van der Waals surface area contributed by atoms with Crippen molar-refractivity contribution in [2.24, 2.45) is 5.10 Å². The van der Waals surface area contributed by atoms with Crippen LogP contribution in [0.4, 0.5) is 10.1 Å². The van der Waals surface area contributed by atoms with Crippen molar-refractivity contribution in [2.45, 2.75) is 6.92 Å². The molecule has 0 aliphatic heterocycles. The number of aryl methyl sites for hydroxylation is 1. The van der Waals surface area contributed by atoms with Gasteiger partial charge < -0.3 is 14.6 Å². The average Bonchev–Trinajstić information content (AvgIpc) is 3.39. The van der Waals surface area contributed by atoms with Gasteiger partial charge in [-0.15, -0.1) is 0 Å². The van der Waals surface area contributed by atoms with Gasteiger partial charge in [0, 0.05) is 28.2 Å². The lowest BCUT2D eigenvalue weighted by molar-refractivity contribution is -0.118. The zero-order valence-electron chi connectivity index (χ0n) is 22.3. The number of para-hydroxylation sites is 1. The number of anilines is 1. The SMILES string of the molecule is Cc1ccc(-c2ccccc2)n1-c1ccc(C(=O)N/N=C/c2ccccc2OCC(=O)Nc2ccc(F)cc2)cc1. The molecular formula is C33H27FN4O3. The van der Waals surface area contributed by atoms with Gasteiger partial charge in [0.25, 0.3) is 11.8 Å². The van der Waals surface area contributed by atoms with Crippen LogP contribution in [0.25, 0.3) is 16.9 Å². The van der Waals surface area contributed by atoms with Gasteiger partial charge in [0.05, 0.1) is 11.9 Å². The number of carbonyl (C=O) groups is 2. The second-order valence-electron chi connectivity index (χ2n) is 9.19. The van der Waals surface area contributed by atoms with E-state index in [1.54, 1.807) is 36.4 Å². The maximum atomic E-state index is 13.1. The van der Waals surface area contributed by atoms with Crippen LogP contribution in [0.2, 0.25) is 0 Å². The van der Waals surface area contributed by atoms with E-state index >= 15 is 0 Å². The third-order valence-electron chi connectivity index (χ3n) is 6.31. The lowest BCUT2D eigenvalue weighted by atomic mass is 10.1. The molecule has 1 heterocycles. The molecule has 0 bridgehead atoms. The van der Waals surface area contributed by atoms with Crippen molar-refractivity contribution in [3.8, 4) is 22.7 Å². The molecule has 0 radical (unpaired) electrons. The molecule has 4 aromatic carbocycles. The Morgan fingerprint density at radius 3 is 2.32 bits per heavy atom. The average molecular weight is 547 g/mol. The van der Waals surface area contributed by atoms with Crippen molar-refractivity contribution in [3.63, 3.8) is 0 Å². The molecule has 2 N–H and O–H groups in total. The first-order valence-corrected chi connectivity index (χ1v) is 12.9. The number of hydrazone groups is 1. The molecule has 41 heavy (non-hydrogen) atoms. The van der Waals surface area contributed by atoms with Gasteiger partial charge >= 0.3 is 0 Å². The van der Waals surface area contributed by atoms with E-state index < -0.39 is 5.91 Å². The van der Waals surface area contributed by atoms with E-state index in [1.165, 1.54) is 30.5 Å². The van der Waals surface area contributed by atoms with Gasteiger partial charge in [-0.25, -0.2) is 9.82 Å². The van der Waals surface area contributed by atoms with Crippen molar-refractivity contribution >= 4 is 23.7 Å². The van der Waals surface area contributed by atoms with Crippen LogP contribution in [0.5, 0.6) is 5.75 Å². The first kappa shape index (κ1) is 27.1. The number of aromatic nitrogens is 1. The normalized spacial score (nSPS) is 10.9. The number of hydrogen-bond donors (Lipinski definition) is 2. The number of ether oxygens (including phenoxy) is 1. The number of rotatable bonds is 9. The highest BCUT2D eigenvalue weighted by Crippen LogP contribution is 2.26. The molecular weight excluding hydrogens is 519 g/mol. The highest BCUT2D eigenvalue weighted by molar-refractivity contribution is 5.95. The summed E-state index contributed by atoms with van der Waals surface area (Å²) in [6.45, 7) is 1.79. The first-order valence-electron chi connectivity index (χ1n) is 12.9. The van der Waals surface area contributed by atoms with Crippen LogP contribution in [0.3, 0.4) is 0 Å². The Balaban J connectivity index is 1.20. The molecule has 8 heteroatoms. The monoisotopic (exact) mass is 546 g/mol. The van der Waals surface area contributed by atoms with Crippen LogP contribution in [0.15, 0.2) is 120 Å². The number of carbonyl (C=O) groups excluding carboxylic acids is 2. The van der Waals surface area contributed by atoms with Crippen LogP contribution in [0.1, 0.15) is 21.6 Å². The van der Waals surface area contributed by atoms with Crippen LogP contribution in [-0.4, -0.2) is 29.2 Å². The third kappa shape index (κ3) is 6.75. The van der Waals surface area contributed by atoms with Gasteiger partial charge in [0.15, 0.2) is 6.61 Å². The molecule has 0 atom stereocenters. The number of benzene rings is 4. The molecule has 5 aromatic rings. The zero-order chi connectivity index (χ0) is 28.6. The molecule has 0 aliphatic rings. The van der Waals surface area contributed by atoms with Crippen LogP contribution in [0, 0.1) is 12.7 Å². The van der Waals surface area contributed by atoms with Gasteiger partial charge in [-0.2, -0.15) is 5.10 Å². The highest BCUT2D eigenvalue weighted by atomic mass is 19.1. The fourth-order valence-corrected chi connectivity index (χ4v) is 4.29. The second-order valence-corrected chi connectivity index (χ2v) is 9.19. The number of amides is 2. The molecule has 0 fully saturated rings. The maximum absolute atomic E-state index is 13.1. The van der Waals surface area contributed by atoms with E-state index in [-0.39, 0.29) is 18.3 Å². The lowest BCUT2D eigenvalue weighted by Gasteiger charge is -2.13.